The van der Waals surface area contributed by atoms with Crippen LogP contribution in [-0.4, -0.2) is 29.4 Å². The lowest BCUT2D eigenvalue weighted by Gasteiger charge is -2.21. The van der Waals surface area contributed by atoms with Crippen molar-refractivity contribution in [3.63, 3.8) is 0 Å². The van der Waals surface area contributed by atoms with Crippen molar-refractivity contribution in [2.75, 3.05) is 13.6 Å². The average molecular weight is 497 g/mol. The number of rotatable bonds is 8. The number of hydrogen-bond acceptors (Lipinski definition) is 4. The molecule has 35 heavy (non-hydrogen) atoms. The van der Waals surface area contributed by atoms with E-state index < -0.39 is 35.0 Å². The molecule has 0 aliphatic carbocycles. The Kier molecular flexibility index (Phi) is 7.69. The molecule has 1 heterocycles. The summed E-state index contributed by atoms with van der Waals surface area (Å²) in [7, 11) is 1.54. The van der Waals surface area contributed by atoms with Gasteiger partial charge in [0, 0.05) is 25.4 Å². The molecule has 3 aromatic rings. The topological polar surface area (TPSA) is 68.5 Å². The maximum Gasteiger partial charge on any atom is 0.416 e. The molecule has 2 aromatic carbocycles. The van der Waals surface area contributed by atoms with Gasteiger partial charge in [0.1, 0.15) is 5.75 Å². The third-order valence-corrected chi connectivity index (χ3v) is 5.13. The Bertz CT molecular complexity index is 1160. The van der Waals surface area contributed by atoms with E-state index in [0.717, 1.165) is 5.56 Å². The van der Waals surface area contributed by atoms with Gasteiger partial charge in [0.2, 0.25) is 11.8 Å². The van der Waals surface area contributed by atoms with Crippen molar-refractivity contribution in [2.24, 2.45) is 5.73 Å². The summed E-state index contributed by atoms with van der Waals surface area (Å²) in [5, 5.41) is 0. The van der Waals surface area contributed by atoms with Crippen LogP contribution in [-0.2, 0) is 25.3 Å². The fourth-order valence-electron chi connectivity index (χ4n) is 3.30. The molecule has 0 spiro atoms. The van der Waals surface area contributed by atoms with Gasteiger partial charge in [-0.25, -0.2) is 4.98 Å². The SMILES string of the molecule is CN(CCc1ccc(Oc2ccc(C(N)=O)cn2)cc1)Cc1cc(C(F)(F)F)ccc1C(F)(F)F. The van der Waals surface area contributed by atoms with Crippen molar-refractivity contribution < 1.29 is 35.9 Å². The van der Waals surface area contributed by atoms with E-state index in [4.69, 9.17) is 10.5 Å². The van der Waals surface area contributed by atoms with Gasteiger partial charge in [0.15, 0.2) is 0 Å². The van der Waals surface area contributed by atoms with Gasteiger partial charge in [-0.05, 0) is 61.0 Å². The number of aromatic nitrogens is 1. The molecule has 11 heteroatoms. The molecule has 0 radical (unpaired) electrons. The molecular weight excluding hydrogens is 476 g/mol. The minimum absolute atomic E-state index is 0.240. The third-order valence-electron chi connectivity index (χ3n) is 5.13. The normalized spacial score (nSPS) is 12.1. The molecule has 0 aliphatic rings. The Morgan fingerprint density at radius 1 is 0.971 bits per heavy atom. The van der Waals surface area contributed by atoms with Gasteiger partial charge >= 0.3 is 12.4 Å². The first-order chi connectivity index (χ1) is 16.3. The zero-order chi connectivity index (χ0) is 25.8. The molecule has 186 valence electrons. The van der Waals surface area contributed by atoms with E-state index in [1.165, 1.54) is 23.2 Å². The zero-order valence-corrected chi connectivity index (χ0v) is 18.5. The lowest BCUT2D eigenvalue weighted by atomic mass is 10.0. The lowest BCUT2D eigenvalue weighted by molar-refractivity contribution is -0.142. The van der Waals surface area contributed by atoms with Crippen molar-refractivity contribution in [1.82, 2.24) is 9.88 Å². The standard InChI is InChI=1S/C24H21F6N3O2/c1-33(14-17-12-18(23(25,26)27)5-8-20(17)24(28,29)30)11-10-15-2-6-19(7-3-15)35-21-9-4-16(13-32-21)22(31)34/h2-9,12-13H,10-11,14H2,1H3,(H2,31,34). The zero-order valence-electron chi connectivity index (χ0n) is 18.5. The highest BCUT2D eigenvalue weighted by Crippen LogP contribution is 2.37. The molecule has 5 nitrogen and oxygen atoms in total. The number of ether oxygens (including phenoxy) is 1. The smallest absolute Gasteiger partial charge is 0.416 e. The molecule has 0 bridgehead atoms. The minimum atomic E-state index is -4.76. The van der Waals surface area contributed by atoms with Crippen LogP contribution in [0, 0.1) is 0 Å². The number of primary amides is 1. The van der Waals surface area contributed by atoms with Gasteiger partial charge in [-0.3, -0.25) is 4.79 Å². The summed E-state index contributed by atoms with van der Waals surface area (Å²) in [4.78, 5) is 16.6. The van der Waals surface area contributed by atoms with Crippen molar-refractivity contribution in [1.29, 1.82) is 0 Å². The molecule has 0 unspecified atom stereocenters. The van der Waals surface area contributed by atoms with Crippen molar-refractivity contribution in [3.05, 3.63) is 88.6 Å². The second-order valence-corrected chi connectivity index (χ2v) is 7.85. The lowest BCUT2D eigenvalue weighted by Crippen LogP contribution is -2.23. The monoisotopic (exact) mass is 497 g/mol. The molecule has 3 rings (SSSR count). The van der Waals surface area contributed by atoms with Crippen LogP contribution in [0.5, 0.6) is 11.6 Å². The minimum Gasteiger partial charge on any atom is -0.439 e. The first kappa shape index (κ1) is 26.0. The maximum atomic E-state index is 13.3. The molecule has 1 aromatic heterocycles. The fourth-order valence-corrected chi connectivity index (χ4v) is 3.30. The van der Waals surface area contributed by atoms with Crippen molar-refractivity contribution >= 4 is 5.91 Å². The molecule has 0 aliphatic heterocycles. The van der Waals surface area contributed by atoms with Gasteiger partial charge in [0.05, 0.1) is 16.7 Å². The molecule has 0 atom stereocenters. The van der Waals surface area contributed by atoms with Crippen LogP contribution in [0.2, 0.25) is 0 Å². The van der Waals surface area contributed by atoms with Crippen LogP contribution in [0.3, 0.4) is 0 Å². The number of amides is 1. The number of alkyl halides is 6. The van der Waals surface area contributed by atoms with Gasteiger partial charge in [-0.2, -0.15) is 26.3 Å². The van der Waals surface area contributed by atoms with Crippen LogP contribution in [0.4, 0.5) is 26.3 Å². The van der Waals surface area contributed by atoms with E-state index in [1.54, 1.807) is 31.3 Å². The van der Waals surface area contributed by atoms with Gasteiger partial charge in [-0.1, -0.05) is 12.1 Å². The maximum absolute atomic E-state index is 13.3. The van der Waals surface area contributed by atoms with Crippen LogP contribution in [0.15, 0.2) is 60.8 Å². The van der Waals surface area contributed by atoms with Crippen LogP contribution < -0.4 is 10.5 Å². The van der Waals surface area contributed by atoms with Crippen LogP contribution >= 0.6 is 0 Å². The van der Waals surface area contributed by atoms with Crippen molar-refractivity contribution in [3.8, 4) is 11.6 Å². The number of nitrogens with zero attached hydrogens (tertiary/aromatic N) is 2. The van der Waals surface area contributed by atoms with Crippen LogP contribution in [0.1, 0.15) is 32.6 Å². The van der Waals surface area contributed by atoms with Crippen molar-refractivity contribution in [2.45, 2.75) is 25.3 Å². The Morgan fingerprint density at radius 2 is 1.66 bits per heavy atom. The third kappa shape index (κ3) is 7.19. The second kappa shape index (κ2) is 10.3. The number of pyridine rings is 1. The van der Waals surface area contributed by atoms with E-state index in [0.29, 0.717) is 36.9 Å². The first-order valence-electron chi connectivity index (χ1n) is 10.3. The summed E-state index contributed by atoms with van der Waals surface area (Å²) in [5.41, 5.74) is 3.60. The Balaban J connectivity index is 1.61. The summed E-state index contributed by atoms with van der Waals surface area (Å²) in [6.07, 6.45) is -7.76. The molecule has 1 amide bonds. The summed E-state index contributed by atoms with van der Waals surface area (Å²) in [6.45, 7) is 0.0107. The quantitative estimate of drug-likeness (QED) is 0.407. The fraction of sp³-hybridized carbons (Fsp3) is 0.250. The highest BCUT2D eigenvalue weighted by molar-refractivity contribution is 5.92. The molecule has 0 fully saturated rings. The predicted molar refractivity (Wildman–Crippen MR) is 116 cm³/mol. The number of carbonyl (C=O) groups is 1. The Labute approximate surface area is 197 Å². The summed E-state index contributed by atoms with van der Waals surface area (Å²) < 4.78 is 84.4. The number of likely N-dealkylation sites (N-methyl/N-ethyl adjacent to an activating group) is 1. The predicted octanol–water partition coefficient (Wildman–Crippen LogP) is 5.68. The number of nitrogens with two attached hydrogens (primary N) is 1. The van der Waals surface area contributed by atoms with E-state index in [1.807, 2.05) is 0 Å². The number of benzene rings is 2. The first-order valence-corrected chi connectivity index (χ1v) is 10.3. The average Bonchev–Trinajstić information content (AvgIpc) is 2.77. The highest BCUT2D eigenvalue weighted by Gasteiger charge is 2.37. The van der Waals surface area contributed by atoms with E-state index in [-0.39, 0.29) is 18.0 Å². The van der Waals surface area contributed by atoms with E-state index in [2.05, 4.69) is 4.98 Å². The van der Waals surface area contributed by atoms with E-state index >= 15 is 0 Å². The van der Waals surface area contributed by atoms with E-state index in [9.17, 15) is 31.1 Å². The van der Waals surface area contributed by atoms with Gasteiger partial charge in [0.25, 0.3) is 0 Å². The van der Waals surface area contributed by atoms with Gasteiger partial charge < -0.3 is 15.4 Å². The molecule has 0 saturated heterocycles. The molecular formula is C24H21F6N3O2. The summed E-state index contributed by atoms with van der Waals surface area (Å²) >= 11 is 0. The summed E-state index contributed by atoms with van der Waals surface area (Å²) in [5.74, 6) is 0.116. The number of carbonyl (C=O) groups excluding carboxylic acids is 1. The number of halogens is 6. The molecule has 2 N–H and O–H groups in total. The molecule has 0 saturated carbocycles. The largest absolute Gasteiger partial charge is 0.439 e. The Morgan fingerprint density at radius 3 is 2.20 bits per heavy atom. The summed E-state index contributed by atoms with van der Waals surface area (Å²) in [6, 6.07) is 11.3. The highest BCUT2D eigenvalue weighted by atomic mass is 19.4. The number of hydrogen-bond donors (Lipinski definition) is 1. The second-order valence-electron chi connectivity index (χ2n) is 7.85. The van der Waals surface area contributed by atoms with Gasteiger partial charge in [-0.15, -0.1) is 0 Å². The Hall–Kier alpha value is -3.60. The van der Waals surface area contributed by atoms with Crippen LogP contribution in [0.25, 0.3) is 0 Å².